The number of thiazole rings is 1. The molecule has 1 atom stereocenters. The van der Waals surface area contributed by atoms with Crippen molar-refractivity contribution in [1.29, 1.82) is 0 Å². The summed E-state index contributed by atoms with van der Waals surface area (Å²) in [4.78, 5) is 20.1. The second-order valence-electron chi connectivity index (χ2n) is 6.69. The molecule has 0 saturated carbocycles. The highest BCUT2D eigenvalue weighted by Gasteiger charge is 2.25. The van der Waals surface area contributed by atoms with Gasteiger partial charge in [0.25, 0.3) is 5.91 Å². The predicted molar refractivity (Wildman–Crippen MR) is 109 cm³/mol. The molecule has 1 N–H and O–H groups in total. The molecule has 3 aromatic rings. The molecular weight excluding hydrogens is 375 g/mol. The van der Waals surface area contributed by atoms with E-state index in [2.05, 4.69) is 4.98 Å². The van der Waals surface area contributed by atoms with E-state index in [9.17, 15) is 14.3 Å². The maximum atomic E-state index is 13.2. The number of carbonyl (C=O) groups is 1. The number of carbonyl (C=O) groups excluding carboxylic acids is 1. The van der Waals surface area contributed by atoms with Gasteiger partial charge >= 0.3 is 0 Å². The number of benzene rings is 2. The molecule has 3 rings (SSSR count). The Morgan fingerprint density at radius 1 is 1.25 bits per heavy atom. The van der Waals surface area contributed by atoms with Gasteiger partial charge in [-0.25, -0.2) is 9.37 Å². The largest absolute Gasteiger partial charge is 0.508 e. The van der Waals surface area contributed by atoms with Crippen LogP contribution in [0.25, 0.3) is 0 Å². The Hall–Kier alpha value is -2.73. The summed E-state index contributed by atoms with van der Waals surface area (Å²) in [5.74, 6) is -0.156. The minimum Gasteiger partial charge on any atom is -0.508 e. The zero-order valence-corrected chi connectivity index (χ0v) is 17.0. The zero-order chi connectivity index (χ0) is 20.3. The first-order chi connectivity index (χ1) is 13.4. The van der Waals surface area contributed by atoms with E-state index in [0.717, 1.165) is 16.1 Å². The molecule has 1 aromatic heterocycles. The van der Waals surface area contributed by atoms with Gasteiger partial charge in [-0.05, 0) is 56.2 Å². The first-order valence-electron chi connectivity index (χ1n) is 9.19. The van der Waals surface area contributed by atoms with E-state index >= 15 is 0 Å². The topological polar surface area (TPSA) is 53.4 Å². The number of aromatic hydroxyl groups is 1. The standard InChI is InChI=1S/C22H23FN2O2S/c1-4-25(15(3)17-6-5-7-19(26)13-17)22(27)21-14(2)24-20(28-21)12-16-8-10-18(23)11-9-16/h5-11,13,15,26H,4,12H2,1-3H3/t15-/m1/s1. The maximum Gasteiger partial charge on any atom is 0.266 e. The van der Waals surface area contributed by atoms with E-state index in [1.807, 2.05) is 26.8 Å². The van der Waals surface area contributed by atoms with Crippen LogP contribution in [0.2, 0.25) is 0 Å². The number of phenols is 1. The summed E-state index contributed by atoms with van der Waals surface area (Å²) >= 11 is 1.38. The molecule has 0 aliphatic heterocycles. The predicted octanol–water partition coefficient (Wildman–Crippen LogP) is 5.11. The Bertz CT molecular complexity index is 969. The average Bonchev–Trinajstić information content (AvgIpc) is 3.04. The number of nitrogens with zero attached hydrogens (tertiary/aromatic N) is 2. The Morgan fingerprint density at radius 3 is 2.61 bits per heavy atom. The van der Waals surface area contributed by atoms with Gasteiger partial charge in [-0.2, -0.15) is 0 Å². The molecule has 0 bridgehead atoms. The molecule has 2 aromatic carbocycles. The fourth-order valence-electron chi connectivity index (χ4n) is 3.19. The number of phenolic OH excluding ortho intramolecular Hbond substituents is 1. The molecule has 1 amide bonds. The summed E-state index contributed by atoms with van der Waals surface area (Å²) in [7, 11) is 0. The number of amides is 1. The highest BCUT2D eigenvalue weighted by Crippen LogP contribution is 2.28. The molecule has 0 fully saturated rings. The Morgan fingerprint density at radius 2 is 1.96 bits per heavy atom. The Balaban J connectivity index is 1.82. The molecule has 28 heavy (non-hydrogen) atoms. The lowest BCUT2D eigenvalue weighted by Gasteiger charge is -2.28. The van der Waals surface area contributed by atoms with E-state index in [1.54, 1.807) is 35.2 Å². The molecule has 0 aliphatic rings. The highest BCUT2D eigenvalue weighted by atomic mass is 32.1. The van der Waals surface area contributed by atoms with E-state index < -0.39 is 0 Å². The Kier molecular flexibility index (Phi) is 6.09. The molecule has 4 nitrogen and oxygen atoms in total. The molecule has 0 saturated heterocycles. The Labute approximate surface area is 168 Å². The van der Waals surface area contributed by atoms with E-state index in [0.29, 0.717) is 23.5 Å². The highest BCUT2D eigenvalue weighted by molar-refractivity contribution is 7.13. The molecule has 0 unspecified atom stereocenters. The van der Waals surface area contributed by atoms with E-state index in [4.69, 9.17) is 0 Å². The van der Waals surface area contributed by atoms with Crippen LogP contribution in [0.1, 0.15) is 51.4 Å². The van der Waals surface area contributed by atoms with E-state index in [-0.39, 0.29) is 23.5 Å². The molecule has 1 heterocycles. The van der Waals surface area contributed by atoms with E-state index in [1.165, 1.54) is 23.5 Å². The second kappa shape index (κ2) is 8.52. The number of aryl methyl sites for hydroxylation is 1. The van der Waals surface area contributed by atoms with Gasteiger partial charge < -0.3 is 10.0 Å². The van der Waals surface area contributed by atoms with Gasteiger partial charge in [0, 0.05) is 13.0 Å². The van der Waals surface area contributed by atoms with Gasteiger partial charge in [0.1, 0.15) is 16.4 Å². The van der Waals surface area contributed by atoms with Crippen molar-refractivity contribution in [1.82, 2.24) is 9.88 Å². The fourth-order valence-corrected chi connectivity index (χ4v) is 4.25. The molecule has 0 aliphatic carbocycles. The first-order valence-corrected chi connectivity index (χ1v) is 10.0. The smallest absolute Gasteiger partial charge is 0.266 e. The van der Waals surface area contributed by atoms with Crippen LogP contribution >= 0.6 is 11.3 Å². The van der Waals surface area contributed by atoms with Crippen molar-refractivity contribution in [3.63, 3.8) is 0 Å². The van der Waals surface area contributed by atoms with Crippen molar-refractivity contribution in [3.05, 3.63) is 81.1 Å². The maximum absolute atomic E-state index is 13.2. The summed E-state index contributed by atoms with van der Waals surface area (Å²) in [5, 5.41) is 10.6. The van der Waals surface area contributed by atoms with Crippen molar-refractivity contribution < 1.29 is 14.3 Å². The molecule has 6 heteroatoms. The van der Waals surface area contributed by atoms with Gasteiger partial charge in [-0.15, -0.1) is 11.3 Å². The first kappa shape index (κ1) is 20.0. The minimum absolute atomic E-state index is 0.0706. The summed E-state index contributed by atoms with van der Waals surface area (Å²) in [6, 6.07) is 13.1. The zero-order valence-electron chi connectivity index (χ0n) is 16.1. The van der Waals surface area contributed by atoms with Crippen LogP contribution in [-0.4, -0.2) is 27.4 Å². The van der Waals surface area contributed by atoms with Crippen LogP contribution < -0.4 is 0 Å². The van der Waals surface area contributed by atoms with Crippen molar-refractivity contribution in [2.75, 3.05) is 6.54 Å². The van der Waals surface area contributed by atoms with Crippen LogP contribution in [0.4, 0.5) is 4.39 Å². The number of halogens is 1. The van der Waals surface area contributed by atoms with Crippen LogP contribution in [0.15, 0.2) is 48.5 Å². The van der Waals surface area contributed by atoms with Gasteiger partial charge in [0.05, 0.1) is 16.7 Å². The van der Waals surface area contributed by atoms with Gasteiger partial charge in [-0.1, -0.05) is 24.3 Å². The van der Waals surface area contributed by atoms with Crippen molar-refractivity contribution in [2.45, 2.75) is 33.2 Å². The lowest BCUT2D eigenvalue weighted by atomic mass is 10.1. The van der Waals surface area contributed by atoms with Crippen molar-refractivity contribution in [2.24, 2.45) is 0 Å². The molecule has 146 valence electrons. The summed E-state index contributed by atoms with van der Waals surface area (Å²) < 4.78 is 13.1. The third kappa shape index (κ3) is 4.39. The third-order valence-electron chi connectivity index (χ3n) is 4.73. The van der Waals surface area contributed by atoms with Crippen LogP contribution in [0, 0.1) is 12.7 Å². The molecule has 0 spiro atoms. The number of hydrogen-bond acceptors (Lipinski definition) is 4. The molecular formula is C22H23FN2O2S. The lowest BCUT2D eigenvalue weighted by Crippen LogP contribution is -2.33. The average molecular weight is 399 g/mol. The third-order valence-corrected chi connectivity index (χ3v) is 5.87. The number of aromatic nitrogens is 1. The lowest BCUT2D eigenvalue weighted by molar-refractivity contribution is 0.0706. The summed E-state index contributed by atoms with van der Waals surface area (Å²) in [5.41, 5.74) is 2.53. The van der Waals surface area contributed by atoms with Gasteiger partial charge in [0.15, 0.2) is 0 Å². The quantitative estimate of drug-likeness (QED) is 0.628. The minimum atomic E-state index is -0.269. The number of hydrogen-bond donors (Lipinski definition) is 1. The van der Waals surface area contributed by atoms with Crippen molar-refractivity contribution >= 4 is 17.2 Å². The summed E-state index contributed by atoms with van der Waals surface area (Å²) in [6.07, 6.45) is 0.563. The van der Waals surface area contributed by atoms with Crippen LogP contribution in [0.5, 0.6) is 5.75 Å². The van der Waals surface area contributed by atoms with Gasteiger partial charge in [0.2, 0.25) is 0 Å². The molecule has 0 radical (unpaired) electrons. The number of rotatable bonds is 6. The van der Waals surface area contributed by atoms with Crippen molar-refractivity contribution in [3.8, 4) is 5.75 Å². The van der Waals surface area contributed by atoms with Crippen LogP contribution in [-0.2, 0) is 6.42 Å². The normalized spacial score (nSPS) is 12.0. The monoisotopic (exact) mass is 398 g/mol. The fraction of sp³-hybridized carbons (Fsp3) is 0.273. The SMILES string of the molecule is CCN(C(=O)c1sc(Cc2ccc(F)cc2)nc1C)[C@H](C)c1cccc(O)c1. The summed E-state index contributed by atoms with van der Waals surface area (Å²) in [6.45, 7) is 6.27. The van der Waals surface area contributed by atoms with Gasteiger partial charge in [-0.3, -0.25) is 4.79 Å². The van der Waals surface area contributed by atoms with Crippen LogP contribution in [0.3, 0.4) is 0 Å². The second-order valence-corrected chi connectivity index (χ2v) is 7.77.